The standard InChI is InChI=1S/C23H24N4O3/c1-4-21(22(29)25-18-8-6-5-7-9-18)27-23(30)20(24-16(3)28)14-19(26-27)17-12-10-15(2)11-13-17/h5-14,21H,4H2,1-3H3,(H,24,28)(H,25,29). The zero-order valence-electron chi connectivity index (χ0n) is 17.2. The van der Waals surface area contributed by atoms with Crippen molar-refractivity contribution in [3.63, 3.8) is 0 Å². The average molecular weight is 404 g/mol. The van der Waals surface area contributed by atoms with Gasteiger partial charge in [0.2, 0.25) is 11.8 Å². The second-order valence-corrected chi connectivity index (χ2v) is 7.02. The summed E-state index contributed by atoms with van der Waals surface area (Å²) in [5.41, 5.74) is 2.53. The molecule has 7 heteroatoms. The molecule has 154 valence electrons. The molecule has 0 aliphatic heterocycles. The van der Waals surface area contributed by atoms with Crippen LogP contribution in [0.15, 0.2) is 65.5 Å². The Kier molecular flexibility index (Phi) is 6.41. The molecular formula is C23H24N4O3. The summed E-state index contributed by atoms with van der Waals surface area (Å²) in [6.07, 6.45) is 0.350. The lowest BCUT2D eigenvalue weighted by Crippen LogP contribution is -2.36. The van der Waals surface area contributed by atoms with E-state index in [1.54, 1.807) is 19.1 Å². The molecule has 0 spiro atoms. The van der Waals surface area contributed by atoms with Gasteiger partial charge in [-0.15, -0.1) is 0 Å². The summed E-state index contributed by atoms with van der Waals surface area (Å²) in [7, 11) is 0. The Balaban J connectivity index is 2.07. The van der Waals surface area contributed by atoms with Crippen molar-refractivity contribution in [3.8, 4) is 11.3 Å². The van der Waals surface area contributed by atoms with Crippen LogP contribution < -0.4 is 16.2 Å². The zero-order valence-corrected chi connectivity index (χ0v) is 17.2. The van der Waals surface area contributed by atoms with Gasteiger partial charge in [0, 0.05) is 18.2 Å². The Morgan fingerprint density at radius 2 is 1.70 bits per heavy atom. The predicted molar refractivity (Wildman–Crippen MR) is 117 cm³/mol. The monoisotopic (exact) mass is 404 g/mol. The Morgan fingerprint density at radius 3 is 2.30 bits per heavy atom. The molecule has 1 heterocycles. The van der Waals surface area contributed by atoms with Gasteiger partial charge in [-0.1, -0.05) is 55.0 Å². The molecule has 7 nitrogen and oxygen atoms in total. The Morgan fingerprint density at radius 1 is 1.03 bits per heavy atom. The van der Waals surface area contributed by atoms with E-state index < -0.39 is 11.6 Å². The maximum Gasteiger partial charge on any atom is 0.291 e. The number of aromatic nitrogens is 2. The van der Waals surface area contributed by atoms with Crippen molar-refractivity contribution >= 4 is 23.2 Å². The lowest BCUT2D eigenvalue weighted by atomic mass is 10.1. The maximum atomic E-state index is 13.0. The molecule has 1 atom stereocenters. The molecule has 30 heavy (non-hydrogen) atoms. The van der Waals surface area contributed by atoms with Crippen molar-refractivity contribution < 1.29 is 9.59 Å². The summed E-state index contributed by atoms with van der Waals surface area (Å²) < 4.78 is 1.15. The number of nitrogens with zero attached hydrogens (tertiary/aromatic N) is 2. The minimum Gasteiger partial charge on any atom is -0.324 e. The summed E-state index contributed by atoms with van der Waals surface area (Å²) in [6.45, 7) is 5.11. The van der Waals surface area contributed by atoms with Gasteiger partial charge in [-0.25, -0.2) is 4.68 Å². The fraction of sp³-hybridized carbons (Fsp3) is 0.217. The number of nitrogens with one attached hydrogen (secondary N) is 2. The summed E-state index contributed by atoms with van der Waals surface area (Å²) in [6, 6.07) is 17.4. The summed E-state index contributed by atoms with van der Waals surface area (Å²) in [5.74, 6) is -0.727. The van der Waals surface area contributed by atoms with Crippen molar-refractivity contribution in [1.29, 1.82) is 0 Å². The summed E-state index contributed by atoms with van der Waals surface area (Å²) in [5, 5.41) is 9.84. The SMILES string of the molecule is CCC(C(=O)Nc1ccccc1)n1nc(-c2ccc(C)cc2)cc(NC(C)=O)c1=O. The van der Waals surface area contributed by atoms with E-state index in [9.17, 15) is 14.4 Å². The van der Waals surface area contributed by atoms with Crippen LogP contribution in [-0.2, 0) is 9.59 Å². The zero-order chi connectivity index (χ0) is 21.7. The number of carbonyl (C=O) groups excluding carboxylic acids is 2. The van der Waals surface area contributed by atoms with Crippen LogP contribution in [0.4, 0.5) is 11.4 Å². The fourth-order valence-corrected chi connectivity index (χ4v) is 3.08. The van der Waals surface area contributed by atoms with Crippen molar-refractivity contribution in [1.82, 2.24) is 9.78 Å². The van der Waals surface area contributed by atoms with E-state index in [-0.39, 0.29) is 17.5 Å². The number of benzene rings is 2. The van der Waals surface area contributed by atoms with Gasteiger partial charge in [-0.2, -0.15) is 5.10 Å². The van der Waals surface area contributed by atoms with E-state index in [1.807, 2.05) is 49.4 Å². The molecule has 2 amide bonds. The smallest absolute Gasteiger partial charge is 0.291 e. The van der Waals surface area contributed by atoms with Gasteiger partial charge >= 0.3 is 0 Å². The third kappa shape index (κ3) is 4.81. The molecule has 0 bridgehead atoms. The van der Waals surface area contributed by atoms with Crippen molar-refractivity contribution in [2.24, 2.45) is 0 Å². The molecule has 0 fully saturated rings. The molecule has 0 aliphatic rings. The maximum absolute atomic E-state index is 13.0. The van der Waals surface area contributed by atoms with Crippen LogP contribution in [-0.4, -0.2) is 21.6 Å². The number of rotatable bonds is 6. The Hall–Kier alpha value is -3.74. The van der Waals surface area contributed by atoms with E-state index in [1.165, 1.54) is 13.0 Å². The van der Waals surface area contributed by atoms with Crippen LogP contribution in [0.3, 0.4) is 0 Å². The lowest BCUT2D eigenvalue weighted by Gasteiger charge is -2.19. The van der Waals surface area contributed by atoms with Gasteiger partial charge in [-0.05, 0) is 31.5 Å². The Bertz CT molecular complexity index is 1110. The number of aryl methyl sites for hydroxylation is 1. The molecule has 2 aromatic carbocycles. The van der Waals surface area contributed by atoms with Gasteiger partial charge in [0.15, 0.2) is 0 Å². The molecule has 0 aliphatic carbocycles. The van der Waals surface area contributed by atoms with Crippen LogP contribution >= 0.6 is 0 Å². The highest BCUT2D eigenvalue weighted by Crippen LogP contribution is 2.21. The third-order valence-electron chi connectivity index (χ3n) is 4.62. The number of amides is 2. The van der Waals surface area contributed by atoms with Gasteiger partial charge in [0.1, 0.15) is 11.7 Å². The first-order valence-electron chi connectivity index (χ1n) is 9.73. The van der Waals surface area contributed by atoms with Crippen LogP contribution in [0.2, 0.25) is 0 Å². The predicted octanol–water partition coefficient (Wildman–Crippen LogP) is 3.77. The number of hydrogen-bond acceptors (Lipinski definition) is 4. The van der Waals surface area contributed by atoms with Gasteiger partial charge in [0.25, 0.3) is 5.56 Å². The van der Waals surface area contributed by atoms with Crippen molar-refractivity contribution in [3.05, 3.63) is 76.6 Å². The first-order valence-corrected chi connectivity index (χ1v) is 9.73. The molecule has 0 saturated heterocycles. The molecule has 0 saturated carbocycles. The van der Waals surface area contributed by atoms with E-state index in [4.69, 9.17) is 0 Å². The van der Waals surface area contributed by atoms with Gasteiger partial charge in [-0.3, -0.25) is 14.4 Å². The van der Waals surface area contributed by atoms with E-state index in [0.717, 1.165) is 15.8 Å². The molecular weight excluding hydrogens is 380 g/mol. The van der Waals surface area contributed by atoms with Crippen LogP contribution in [0.1, 0.15) is 31.9 Å². The van der Waals surface area contributed by atoms with Gasteiger partial charge < -0.3 is 10.6 Å². The number of hydrogen-bond donors (Lipinski definition) is 2. The average Bonchev–Trinajstić information content (AvgIpc) is 2.72. The van der Waals surface area contributed by atoms with E-state index in [0.29, 0.717) is 17.8 Å². The minimum atomic E-state index is -0.837. The van der Waals surface area contributed by atoms with Crippen molar-refractivity contribution in [2.45, 2.75) is 33.2 Å². The van der Waals surface area contributed by atoms with Crippen LogP contribution in [0.5, 0.6) is 0 Å². The first kappa shape index (κ1) is 21.0. The summed E-state index contributed by atoms with van der Waals surface area (Å²) in [4.78, 5) is 37.6. The third-order valence-corrected chi connectivity index (χ3v) is 4.62. The van der Waals surface area contributed by atoms with E-state index in [2.05, 4.69) is 15.7 Å². The molecule has 3 rings (SSSR count). The highest BCUT2D eigenvalue weighted by atomic mass is 16.2. The second kappa shape index (κ2) is 9.17. The fourth-order valence-electron chi connectivity index (χ4n) is 3.08. The number of anilines is 2. The Labute approximate surface area is 174 Å². The topological polar surface area (TPSA) is 93.1 Å². The highest BCUT2D eigenvalue weighted by molar-refractivity contribution is 5.94. The first-order chi connectivity index (χ1) is 14.4. The quantitative estimate of drug-likeness (QED) is 0.654. The highest BCUT2D eigenvalue weighted by Gasteiger charge is 2.23. The largest absolute Gasteiger partial charge is 0.324 e. The van der Waals surface area contributed by atoms with Crippen LogP contribution in [0.25, 0.3) is 11.3 Å². The second-order valence-electron chi connectivity index (χ2n) is 7.02. The number of carbonyl (C=O) groups is 2. The van der Waals surface area contributed by atoms with Crippen LogP contribution in [0, 0.1) is 6.92 Å². The van der Waals surface area contributed by atoms with Crippen molar-refractivity contribution in [2.75, 3.05) is 10.6 Å². The van der Waals surface area contributed by atoms with Gasteiger partial charge in [0.05, 0.1) is 5.69 Å². The molecule has 0 radical (unpaired) electrons. The normalized spacial score (nSPS) is 11.6. The minimum absolute atomic E-state index is 0.0824. The molecule has 3 aromatic rings. The summed E-state index contributed by atoms with van der Waals surface area (Å²) >= 11 is 0. The van der Waals surface area contributed by atoms with E-state index >= 15 is 0 Å². The lowest BCUT2D eigenvalue weighted by molar-refractivity contribution is -0.119. The number of para-hydroxylation sites is 1. The molecule has 1 unspecified atom stereocenters. The molecule has 2 N–H and O–H groups in total. The molecule has 1 aromatic heterocycles.